The summed E-state index contributed by atoms with van der Waals surface area (Å²) in [5.41, 5.74) is 3.34. The Morgan fingerprint density at radius 3 is 2.71 bits per heavy atom. The fourth-order valence-corrected chi connectivity index (χ4v) is 4.06. The molecule has 2 amide bonds. The number of anilines is 5. The average Bonchev–Trinajstić information content (AvgIpc) is 2.96. The van der Waals surface area contributed by atoms with Crippen LogP contribution < -0.4 is 26.0 Å². The number of ether oxygens (including phenoxy) is 1. The van der Waals surface area contributed by atoms with Crippen molar-refractivity contribution in [3.8, 4) is 5.75 Å². The number of fused-ring (bicyclic) bond motifs is 1. The molecule has 0 bridgehead atoms. The van der Waals surface area contributed by atoms with Crippen molar-refractivity contribution in [2.24, 2.45) is 0 Å². The van der Waals surface area contributed by atoms with Crippen LogP contribution in [0.15, 0.2) is 42.6 Å². The largest absolute Gasteiger partial charge is 0.497 e. The lowest BCUT2D eigenvalue weighted by Crippen LogP contribution is -2.19. The maximum Gasteiger partial charge on any atom is 0.253 e. The summed E-state index contributed by atoms with van der Waals surface area (Å²) in [7, 11) is 3.09. The molecule has 2 aromatic carbocycles. The van der Waals surface area contributed by atoms with Gasteiger partial charge in [-0.1, -0.05) is 25.4 Å². The Labute approximate surface area is 208 Å². The van der Waals surface area contributed by atoms with Gasteiger partial charge in [0.15, 0.2) is 5.82 Å². The van der Waals surface area contributed by atoms with Crippen LogP contribution in [0.5, 0.6) is 5.75 Å². The molecule has 1 aliphatic rings. The number of carbonyl (C=O) groups is 2. The number of methoxy groups -OCH3 is 1. The molecule has 9 nitrogen and oxygen atoms in total. The number of nitrogens with one attached hydrogen (secondary N) is 4. The molecule has 0 fully saturated rings. The minimum Gasteiger partial charge on any atom is -0.497 e. The second-order valence-electron chi connectivity index (χ2n) is 8.82. The Morgan fingerprint density at radius 1 is 1.17 bits per heavy atom. The van der Waals surface area contributed by atoms with Crippen LogP contribution in [0.2, 0.25) is 5.02 Å². The lowest BCUT2D eigenvalue weighted by molar-refractivity contribution is -0.116. The smallest absolute Gasteiger partial charge is 0.253 e. The van der Waals surface area contributed by atoms with Crippen LogP contribution in [-0.2, 0) is 10.2 Å². The summed E-state index contributed by atoms with van der Waals surface area (Å²) in [4.78, 5) is 33.2. The Kier molecular flexibility index (Phi) is 6.79. The van der Waals surface area contributed by atoms with Crippen LogP contribution in [0.3, 0.4) is 0 Å². The molecule has 0 saturated carbocycles. The molecule has 0 radical (unpaired) electrons. The van der Waals surface area contributed by atoms with Crippen molar-refractivity contribution in [2.45, 2.75) is 32.1 Å². The van der Waals surface area contributed by atoms with Crippen LogP contribution in [0.4, 0.5) is 28.8 Å². The van der Waals surface area contributed by atoms with Gasteiger partial charge in [0.2, 0.25) is 11.9 Å². The summed E-state index contributed by atoms with van der Waals surface area (Å²) in [6.45, 7) is 4.24. The molecule has 2 heterocycles. The van der Waals surface area contributed by atoms with E-state index in [0.29, 0.717) is 40.2 Å². The maximum atomic E-state index is 12.4. The molecule has 0 unspecified atom stereocenters. The summed E-state index contributed by atoms with van der Waals surface area (Å²) in [6, 6.07) is 10.8. The van der Waals surface area contributed by atoms with Gasteiger partial charge in [-0.05, 0) is 53.8 Å². The number of rotatable bonds is 6. The van der Waals surface area contributed by atoms with Gasteiger partial charge < -0.3 is 26.0 Å². The molecule has 0 spiro atoms. The van der Waals surface area contributed by atoms with E-state index in [2.05, 4.69) is 45.1 Å². The van der Waals surface area contributed by atoms with Crippen molar-refractivity contribution >= 4 is 52.2 Å². The van der Waals surface area contributed by atoms with Crippen molar-refractivity contribution in [3.63, 3.8) is 0 Å². The van der Waals surface area contributed by atoms with E-state index in [1.165, 1.54) is 13.3 Å². The second-order valence-corrected chi connectivity index (χ2v) is 9.23. The normalized spacial score (nSPS) is 14.3. The summed E-state index contributed by atoms with van der Waals surface area (Å²) < 4.78 is 5.24. The Morgan fingerprint density at radius 2 is 1.97 bits per heavy atom. The van der Waals surface area contributed by atoms with Gasteiger partial charge in [-0.15, -0.1) is 0 Å². The van der Waals surface area contributed by atoms with E-state index in [0.717, 1.165) is 23.4 Å². The minimum absolute atomic E-state index is 0.0175. The average molecular weight is 495 g/mol. The first kappa shape index (κ1) is 24.3. The highest BCUT2D eigenvalue weighted by molar-refractivity contribution is 6.33. The molecule has 35 heavy (non-hydrogen) atoms. The van der Waals surface area contributed by atoms with Gasteiger partial charge in [-0.25, -0.2) is 4.98 Å². The maximum absolute atomic E-state index is 12.4. The van der Waals surface area contributed by atoms with Crippen LogP contribution in [0.1, 0.15) is 42.6 Å². The number of amides is 2. The number of hydrogen-bond acceptors (Lipinski definition) is 7. The Hall–Kier alpha value is -3.85. The SMILES string of the molecule is CNC(=O)c1cc(OC)ccc1Nc1nc(Nc2ccc3c(c2)C(C)(C)CCC(=O)N3)ncc1Cl. The van der Waals surface area contributed by atoms with E-state index in [1.807, 2.05) is 18.2 Å². The first-order valence-electron chi connectivity index (χ1n) is 11.1. The molecule has 1 aliphatic heterocycles. The first-order valence-corrected chi connectivity index (χ1v) is 11.5. The summed E-state index contributed by atoms with van der Waals surface area (Å²) in [5, 5.41) is 12.2. The standard InChI is InChI=1S/C25H27ClN6O3/c1-25(2)10-9-21(33)30-20-7-5-14(11-17(20)25)29-24-28-13-18(26)22(32-24)31-19-8-6-15(35-4)12-16(19)23(34)27-3/h5-8,11-13H,9-10H2,1-4H3,(H,27,34)(H,30,33)(H2,28,29,31,32). The topological polar surface area (TPSA) is 117 Å². The Balaban J connectivity index is 1.63. The van der Waals surface area contributed by atoms with E-state index in [9.17, 15) is 9.59 Å². The Bertz CT molecular complexity index is 1290. The monoisotopic (exact) mass is 494 g/mol. The van der Waals surface area contributed by atoms with Gasteiger partial charge in [0.1, 0.15) is 10.8 Å². The van der Waals surface area contributed by atoms with Gasteiger partial charge in [-0.2, -0.15) is 4.98 Å². The van der Waals surface area contributed by atoms with E-state index in [-0.39, 0.29) is 17.2 Å². The quantitative estimate of drug-likeness (QED) is 0.381. The zero-order chi connectivity index (χ0) is 25.2. The van der Waals surface area contributed by atoms with Crippen LogP contribution in [0.25, 0.3) is 0 Å². The molecule has 10 heteroatoms. The first-order chi connectivity index (χ1) is 16.7. The predicted octanol–water partition coefficient (Wildman–Crippen LogP) is 5.00. The van der Waals surface area contributed by atoms with Crippen molar-refractivity contribution in [3.05, 3.63) is 58.7 Å². The van der Waals surface area contributed by atoms with Crippen LogP contribution in [0, 0.1) is 0 Å². The number of benzene rings is 2. The fraction of sp³-hybridized carbons (Fsp3) is 0.280. The lowest BCUT2D eigenvalue weighted by atomic mass is 9.80. The molecule has 1 aromatic heterocycles. The van der Waals surface area contributed by atoms with Crippen molar-refractivity contribution in [1.82, 2.24) is 15.3 Å². The highest BCUT2D eigenvalue weighted by Gasteiger charge is 2.28. The van der Waals surface area contributed by atoms with Gasteiger partial charge in [0.25, 0.3) is 5.91 Å². The van der Waals surface area contributed by atoms with Crippen molar-refractivity contribution in [1.29, 1.82) is 0 Å². The third kappa shape index (κ3) is 5.30. The fourth-order valence-electron chi connectivity index (χ4n) is 3.92. The number of carbonyl (C=O) groups excluding carboxylic acids is 2. The van der Waals surface area contributed by atoms with Crippen LogP contribution in [-0.4, -0.2) is 35.9 Å². The lowest BCUT2D eigenvalue weighted by Gasteiger charge is -2.25. The number of nitrogens with zero attached hydrogens (tertiary/aromatic N) is 2. The predicted molar refractivity (Wildman–Crippen MR) is 137 cm³/mol. The molecular formula is C25H27ClN6O3. The van der Waals surface area contributed by atoms with E-state index < -0.39 is 0 Å². The summed E-state index contributed by atoms with van der Waals surface area (Å²) in [5.74, 6) is 0.940. The molecule has 0 saturated heterocycles. The number of aromatic nitrogens is 2. The third-order valence-electron chi connectivity index (χ3n) is 5.95. The number of hydrogen-bond donors (Lipinski definition) is 4. The van der Waals surface area contributed by atoms with E-state index >= 15 is 0 Å². The molecule has 3 aromatic rings. The molecule has 4 N–H and O–H groups in total. The molecule has 0 atom stereocenters. The zero-order valence-corrected chi connectivity index (χ0v) is 20.7. The van der Waals surface area contributed by atoms with E-state index in [1.54, 1.807) is 25.2 Å². The van der Waals surface area contributed by atoms with Crippen molar-refractivity contribution in [2.75, 3.05) is 30.1 Å². The summed E-state index contributed by atoms with van der Waals surface area (Å²) in [6.07, 6.45) is 2.70. The zero-order valence-electron chi connectivity index (χ0n) is 20.0. The summed E-state index contributed by atoms with van der Waals surface area (Å²) >= 11 is 6.36. The molecule has 182 valence electrons. The highest BCUT2D eigenvalue weighted by Crippen LogP contribution is 2.38. The highest BCUT2D eigenvalue weighted by atomic mass is 35.5. The number of halogens is 1. The van der Waals surface area contributed by atoms with Gasteiger partial charge in [0, 0.05) is 24.8 Å². The van der Waals surface area contributed by atoms with Crippen LogP contribution >= 0.6 is 11.6 Å². The molecule has 4 rings (SSSR count). The molecular weight excluding hydrogens is 468 g/mol. The van der Waals surface area contributed by atoms with Gasteiger partial charge in [-0.3, -0.25) is 9.59 Å². The second kappa shape index (κ2) is 9.79. The minimum atomic E-state index is -0.283. The molecule has 0 aliphatic carbocycles. The van der Waals surface area contributed by atoms with E-state index in [4.69, 9.17) is 16.3 Å². The van der Waals surface area contributed by atoms with Gasteiger partial charge in [0.05, 0.1) is 24.6 Å². The van der Waals surface area contributed by atoms with Gasteiger partial charge >= 0.3 is 0 Å². The third-order valence-corrected chi connectivity index (χ3v) is 6.23. The van der Waals surface area contributed by atoms with Crippen molar-refractivity contribution < 1.29 is 14.3 Å².